The van der Waals surface area contributed by atoms with E-state index in [2.05, 4.69) is 31.4 Å². The normalized spacial score (nSPS) is 9.58. The molecule has 0 aliphatic carbocycles. The highest BCUT2D eigenvalue weighted by molar-refractivity contribution is 7.78. The molecule has 19 heavy (non-hydrogen) atoms. The number of nitrogens with two attached hydrogens (primary N) is 1. The second-order valence-corrected chi connectivity index (χ2v) is 5.29. The van der Waals surface area contributed by atoms with Gasteiger partial charge in [-0.05, 0) is 19.8 Å². The lowest BCUT2D eigenvalue weighted by Gasteiger charge is -2.02. The van der Waals surface area contributed by atoms with E-state index in [4.69, 9.17) is 5.41 Å². The Morgan fingerprint density at radius 3 is 1.53 bits per heavy atom. The Labute approximate surface area is 126 Å². The molecule has 0 spiro atoms. The first-order valence-electron chi connectivity index (χ1n) is 8.16. The topological polar surface area (TPSA) is 38.9 Å². The van der Waals surface area contributed by atoms with Crippen molar-refractivity contribution in [2.45, 2.75) is 84.5 Å². The molecule has 114 valence electrons. The molecule has 0 atom stereocenters. The fourth-order valence-electron chi connectivity index (χ4n) is 2.16. The maximum Gasteiger partial charge on any atom is 0.0755 e. The molecule has 0 amide bonds. The second-order valence-electron chi connectivity index (χ2n) is 5.11. The number of unbranched alkanes of at least 4 members (excludes halogenated alkanes) is 10. The zero-order valence-corrected chi connectivity index (χ0v) is 13.9. The molecule has 0 aromatic carbocycles. The van der Waals surface area contributed by atoms with Gasteiger partial charge in [0, 0.05) is 0 Å². The van der Waals surface area contributed by atoms with E-state index in [-0.39, 0.29) is 0 Å². The quantitative estimate of drug-likeness (QED) is 0.301. The number of nitrogens with zero attached hydrogens (tertiary/aromatic N) is 1. The molecule has 0 aliphatic heterocycles. The van der Waals surface area contributed by atoms with Gasteiger partial charge < -0.3 is 10.7 Å². The third-order valence-electron chi connectivity index (χ3n) is 3.30. The number of quaternary nitrogens is 1. The van der Waals surface area contributed by atoms with Gasteiger partial charge in [-0.1, -0.05) is 76.9 Å². The lowest BCUT2D eigenvalue weighted by Crippen LogP contribution is -2.83. The maximum atomic E-state index is 7.13. The maximum absolute atomic E-state index is 7.13. The van der Waals surface area contributed by atoms with Crippen molar-refractivity contribution in [1.82, 2.24) is 0 Å². The van der Waals surface area contributed by atoms with Gasteiger partial charge in [0.2, 0.25) is 0 Å². The van der Waals surface area contributed by atoms with Crippen molar-refractivity contribution in [2.24, 2.45) is 0 Å². The Morgan fingerprint density at radius 1 is 0.789 bits per heavy atom. The molecular formula is C16H34N2S. The van der Waals surface area contributed by atoms with Crippen LogP contribution in [-0.2, 0) is 0 Å². The molecule has 0 heterocycles. The number of isothiocyanates is 1. The molecule has 0 aromatic heterocycles. The number of hydrogen-bond acceptors (Lipinski definition) is 1. The van der Waals surface area contributed by atoms with Crippen LogP contribution in [0.5, 0.6) is 0 Å². The standard InChI is InChI=1S/C15H33N.CNS/c1-3-5-6-7-8-9-10-11-12-13-14-15-16-4-2;2-1-3/h16H,3-15H2,1-2H3;/q;-1/p+1. The summed E-state index contributed by atoms with van der Waals surface area (Å²) in [6, 6.07) is 0. The minimum absolute atomic E-state index is 1.25. The highest BCUT2D eigenvalue weighted by atomic mass is 32.1. The lowest BCUT2D eigenvalue weighted by atomic mass is 10.1. The van der Waals surface area contributed by atoms with Gasteiger partial charge in [0.25, 0.3) is 0 Å². The van der Waals surface area contributed by atoms with Crippen molar-refractivity contribution >= 4 is 17.4 Å². The number of thiocarbonyl (C=S) groups is 1. The average molecular weight is 287 g/mol. The van der Waals surface area contributed by atoms with Crippen LogP contribution < -0.4 is 5.32 Å². The van der Waals surface area contributed by atoms with Gasteiger partial charge in [0.15, 0.2) is 0 Å². The Hall–Kier alpha value is -0.240. The lowest BCUT2D eigenvalue weighted by molar-refractivity contribution is -0.652. The van der Waals surface area contributed by atoms with Gasteiger partial charge in [0.1, 0.15) is 0 Å². The van der Waals surface area contributed by atoms with Crippen molar-refractivity contribution < 1.29 is 5.32 Å². The Bertz CT molecular complexity index is 164. The zero-order chi connectivity index (χ0) is 14.6. The van der Waals surface area contributed by atoms with E-state index < -0.39 is 0 Å². The molecule has 3 heteroatoms. The molecular weight excluding hydrogens is 252 g/mol. The molecule has 0 bridgehead atoms. The Kier molecular flexibility index (Phi) is 25.4. The molecule has 0 fully saturated rings. The van der Waals surface area contributed by atoms with Crippen LogP contribution in [0, 0.1) is 0 Å². The van der Waals surface area contributed by atoms with Crippen molar-refractivity contribution in [3.05, 3.63) is 5.41 Å². The molecule has 0 radical (unpaired) electrons. The van der Waals surface area contributed by atoms with E-state index in [1.807, 2.05) is 0 Å². The minimum atomic E-state index is 1.25. The van der Waals surface area contributed by atoms with Crippen molar-refractivity contribution in [1.29, 1.82) is 0 Å². The van der Waals surface area contributed by atoms with Crippen LogP contribution in [0.2, 0.25) is 0 Å². The predicted molar refractivity (Wildman–Crippen MR) is 89.8 cm³/mol. The first kappa shape index (κ1) is 21.1. The fraction of sp³-hybridized carbons (Fsp3) is 0.938. The van der Waals surface area contributed by atoms with E-state index in [1.165, 1.54) is 88.9 Å². The van der Waals surface area contributed by atoms with Gasteiger partial charge in [-0.15, -0.1) is 0 Å². The molecule has 0 saturated heterocycles. The zero-order valence-electron chi connectivity index (χ0n) is 13.1. The summed E-state index contributed by atoms with van der Waals surface area (Å²) in [6.07, 6.45) is 16.0. The van der Waals surface area contributed by atoms with Crippen LogP contribution in [0.15, 0.2) is 0 Å². The van der Waals surface area contributed by atoms with Crippen molar-refractivity contribution in [3.63, 3.8) is 0 Å². The predicted octanol–water partition coefficient (Wildman–Crippen LogP) is 4.54. The highest BCUT2D eigenvalue weighted by Gasteiger charge is 1.93. The summed E-state index contributed by atoms with van der Waals surface area (Å²) in [7, 11) is 0. The number of hydrogen-bond donors (Lipinski definition) is 1. The number of rotatable bonds is 13. The second kappa shape index (κ2) is 22.9. The van der Waals surface area contributed by atoms with Crippen LogP contribution in [0.4, 0.5) is 0 Å². The van der Waals surface area contributed by atoms with E-state index in [9.17, 15) is 0 Å². The molecule has 0 aliphatic rings. The minimum Gasteiger partial charge on any atom is -0.753 e. The summed E-state index contributed by atoms with van der Waals surface area (Å²) in [5.74, 6) is 0. The van der Waals surface area contributed by atoms with E-state index in [0.29, 0.717) is 0 Å². The first-order chi connectivity index (χ1) is 9.33. The van der Waals surface area contributed by atoms with Gasteiger partial charge in [-0.2, -0.15) is 5.16 Å². The summed E-state index contributed by atoms with van der Waals surface area (Å²) in [5, 5.41) is 10.9. The summed E-state index contributed by atoms with van der Waals surface area (Å²) in [5.41, 5.74) is 0. The van der Waals surface area contributed by atoms with Gasteiger partial charge >= 0.3 is 0 Å². The third-order valence-corrected chi connectivity index (χ3v) is 3.30. The summed E-state index contributed by atoms with van der Waals surface area (Å²) in [4.78, 5) is 0. The van der Waals surface area contributed by atoms with Gasteiger partial charge in [0.05, 0.1) is 13.1 Å². The molecule has 0 rings (SSSR count). The van der Waals surface area contributed by atoms with Gasteiger partial charge in [-0.3, -0.25) is 0 Å². The van der Waals surface area contributed by atoms with Crippen molar-refractivity contribution in [2.75, 3.05) is 13.1 Å². The van der Waals surface area contributed by atoms with Crippen LogP contribution >= 0.6 is 12.2 Å². The SMILES string of the molecule is CCCCCCCCCCCCC[NH2+]CC.[N-]=C=S. The van der Waals surface area contributed by atoms with Crippen LogP contribution in [0.3, 0.4) is 0 Å². The van der Waals surface area contributed by atoms with E-state index in [0.717, 1.165) is 0 Å². The highest BCUT2D eigenvalue weighted by Crippen LogP contribution is 2.10. The summed E-state index contributed by atoms with van der Waals surface area (Å²) < 4.78 is 0. The fourth-order valence-corrected chi connectivity index (χ4v) is 2.16. The largest absolute Gasteiger partial charge is 0.753 e. The van der Waals surface area contributed by atoms with Crippen LogP contribution in [-0.4, -0.2) is 18.3 Å². The van der Waals surface area contributed by atoms with Crippen LogP contribution in [0.25, 0.3) is 5.41 Å². The van der Waals surface area contributed by atoms with Crippen LogP contribution in [0.1, 0.15) is 84.5 Å². The third kappa shape index (κ3) is 27.1. The molecule has 2 N–H and O–H groups in total. The monoisotopic (exact) mass is 286 g/mol. The van der Waals surface area contributed by atoms with E-state index >= 15 is 0 Å². The average Bonchev–Trinajstić information content (AvgIpc) is 2.41. The smallest absolute Gasteiger partial charge is 0.0755 e. The van der Waals surface area contributed by atoms with Gasteiger partial charge in [-0.25, -0.2) is 0 Å². The molecule has 0 saturated carbocycles. The van der Waals surface area contributed by atoms with E-state index in [1.54, 1.807) is 0 Å². The summed E-state index contributed by atoms with van der Waals surface area (Å²) >= 11 is 3.70. The summed E-state index contributed by atoms with van der Waals surface area (Å²) in [6.45, 7) is 7.11. The Balaban J connectivity index is 0. The molecule has 2 nitrogen and oxygen atoms in total. The molecule has 0 unspecified atom stereocenters. The first-order valence-corrected chi connectivity index (χ1v) is 8.57. The van der Waals surface area contributed by atoms with Crippen molar-refractivity contribution in [3.8, 4) is 0 Å². The molecule has 0 aromatic rings. The Morgan fingerprint density at radius 2 is 1.16 bits per heavy atom.